The summed E-state index contributed by atoms with van der Waals surface area (Å²) in [5.41, 5.74) is 2.30. The first-order valence-electron chi connectivity index (χ1n) is 9.77. The number of unbranched alkanes of at least 4 members (excludes halogenated alkanes) is 1. The van der Waals surface area contributed by atoms with Gasteiger partial charge in [-0.15, -0.1) is 0 Å². The lowest BCUT2D eigenvalue weighted by Gasteiger charge is -2.31. The van der Waals surface area contributed by atoms with Gasteiger partial charge in [0.25, 0.3) is 0 Å². The number of hydrogen-bond donors (Lipinski definition) is 2. The molecule has 2 aromatic rings. The first kappa shape index (κ1) is 20.0. The molecule has 3 rings (SSSR count). The number of rotatable bonds is 8. The fraction of sp³-hybridized carbons (Fsp3) is 0.348. The Hall–Kier alpha value is -2.79. The smallest absolute Gasteiger partial charge is 0.319 e. The Morgan fingerprint density at radius 1 is 1.18 bits per heavy atom. The zero-order valence-electron chi connectivity index (χ0n) is 16.5. The number of carbonyl (C=O) groups is 1. The number of carbonyl (C=O) groups excluding carboxylic acids is 1. The van der Waals surface area contributed by atoms with E-state index >= 15 is 0 Å². The van der Waals surface area contributed by atoms with Crippen LogP contribution in [0.15, 0.2) is 54.6 Å². The second-order valence-corrected chi connectivity index (χ2v) is 7.21. The van der Waals surface area contributed by atoms with Crippen LogP contribution in [0.5, 0.6) is 5.75 Å². The summed E-state index contributed by atoms with van der Waals surface area (Å²) in [7, 11) is 0. The Morgan fingerprint density at radius 3 is 2.79 bits per heavy atom. The van der Waals surface area contributed by atoms with Crippen molar-refractivity contribution in [3.63, 3.8) is 0 Å². The van der Waals surface area contributed by atoms with Crippen molar-refractivity contribution in [3.8, 4) is 5.75 Å². The van der Waals surface area contributed by atoms with Gasteiger partial charge in [0.15, 0.2) is 0 Å². The number of anilines is 1. The van der Waals surface area contributed by atoms with E-state index in [2.05, 4.69) is 17.6 Å². The number of ether oxygens (including phenoxy) is 2. The second kappa shape index (κ2) is 9.42. The molecule has 148 valence electrons. The number of nitrogens with one attached hydrogen (secondary N) is 2. The van der Waals surface area contributed by atoms with E-state index in [0.717, 1.165) is 35.4 Å². The summed E-state index contributed by atoms with van der Waals surface area (Å²) in [4.78, 5) is 11.9. The number of amides is 2. The number of fused-ring (bicyclic) bond motifs is 1. The Bertz CT molecular complexity index is 820. The van der Waals surface area contributed by atoms with Crippen LogP contribution in [0.2, 0.25) is 0 Å². The monoisotopic (exact) mass is 380 g/mol. The largest absolute Gasteiger partial charge is 0.480 e. The average molecular weight is 380 g/mol. The van der Waals surface area contributed by atoms with Crippen molar-refractivity contribution < 1.29 is 14.3 Å². The quantitative estimate of drug-likeness (QED) is 0.634. The van der Waals surface area contributed by atoms with Crippen LogP contribution in [0.4, 0.5) is 10.5 Å². The molecule has 0 radical (unpaired) electrons. The summed E-state index contributed by atoms with van der Waals surface area (Å²) in [5.74, 6) is 0.783. The van der Waals surface area contributed by atoms with E-state index in [1.165, 1.54) is 0 Å². The highest BCUT2D eigenvalue weighted by Crippen LogP contribution is 2.33. The molecule has 0 aromatic heterocycles. The molecule has 1 atom stereocenters. The van der Waals surface area contributed by atoms with Crippen LogP contribution in [-0.2, 0) is 11.3 Å². The summed E-state index contributed by atoms with van der Waals surface area (Å²) in [5, 5.41) is 5.71. The Labute approximate surface area is 166 Å². The van der Waals surface area contributed by atoms with Crippen molar-refractivity contribution in [2.45, 2.75) is 38.9 Å². The minimum absolute atomic E-state index is 0.187. The standard InChI is InChI=1S/C23H28N2O3/c1-3-4-14-24-22(26)25-20-10-11-21-19(15-20)12-13-23(2,28-21)17-27-16-18-8-6-5-7-9-18/h5-13,15H,3-4,14,16-17H2,1-2H3,(H2,24,25,26). The summed E-state index contributed by atoms with van der Waals surface area (Å²) in [6, 6.07) is 15.5. The highest BCUT2D eigenvalue weighted by atomic mass is 16.5. The Balaban J connectivity index is 1.55. The van der Waals surface area contributed by atoms with Crippen molar-refractivity contribution in [3.05, 3.63) is 65.7 Å². The van der Waals surface area contributed by atoms with Gasteiger partial charge in [0.05, 0.1) is 13.2 Å². The van der Waals surface area contributed by atoms with Gasteiger partial charge >= 0.3 is 6.03 Å². The van der Waals surface area contributed by atoms with Gasteiger partial charge in [-0.3, -0.25) is 0 Å². The SMILES string of the molecule is CCCCNC(=O)Nc1ccc2c(c1)C=CC(C)(COCc1ccccc1)O2. The molecule has 0 spiro atoms. The topological polar surface area (TPSA) is 59.6 Å². The van der Waals surface area contributed by atoms with Gasteiger partial charge in [-0.1, -0.05) is 49.8 Å². The maximum absolute atomic E-state index is 11.9. The molecule has 2 aromatic carbocycles. The van der Waals surface area contributed by atoms with Crippen molar-refractivity contribution in [1.82, 2.24) is 5.32 Å². The van der Waals surface area contributed by atoms with E-state index in [-0.39, 0.29) is 6.03 Å². The van der Waals surface area contributed by atoms with Gasteiger partial charge < -0.3 is 20.1 Å². The summed E-state index contributed by atoms with van der Waals surface area (Å²) in [6.07, 6.45) is 6.05. The predicted octanol–water partition coefficient (Wildman–Crippen LogP) is 4.99. The highest BCUT2D eigenvalue weighted by molar-refractivity contribution is 5.89. The van der Waals surface area contributed by atoms with Crippen LogP contribution in [0.25, 0.3) is 6.08 Å². The van der Waals surface area contributed by atoms with E-state index in [1.807, 2.05) is 67.6 Å². The third kappa shape index (κ3) is 5.60. The second-order valence-electron chi connectivity index (χ2n) is 7.21. The lowest BCUT2D eigenvalue weighted by Crippen LogP contribution is -2.37. The van der Waals surface area contributed by atoms with E-state index in [4.69, 9.17) is 9.47 Å². The molecule has 1 heterocycles. The first-order valence-corrected chi connectivity index (χ1v) is 9.77. The van der Waals surface area contributed by atoms with Gasteiger partial charge in [0.1, 0.15) is 11.4 Å². The van der Waals surface area contributed by atoms with Crippen LogP contribution < -0.4 is 15.4 Å². The molecule has 0 bridgehead atoms. The number of urea groups is 1. The Morgan fingerprint density at radius 2 is 2.00 bits per heavy atom. The maximum atomic E-state index is 11.9. The lowest BCUT2D eigenvalue weighted by atomic mass is 10.0. The summed E-state index contributed by atoms with van der Waals surface area (Å²) in [6.45, 7) is 5.78. The van der Waals surface area contributed by atoms with E-state index < -0.39 is 5.60 Å². The van der Waals surface area contributed by atoms with Crippen LogP contribution in [0.3, 0.4) is 0 Å². The first-order chi connectivity index (χ1) is 13.6. The highest BCUT2D eigenvalue weighted by Gasteiger charge is 2.28. The maximum Gasteiger partial charge on any atom is 0.319 e. The minimum Gasteiger partial charge on any atom is -0.480 e. The molecule has 0 aliphatic carbocycles. The fourth-order valence-corrected chi connectivity index (χ4v) is 2.98. The molecule has 28 heavy (non-hydrogen) atoms. The van der Waals surface area contributed by atoms with Crippen LogP contribution in [0.1, 0.15) is 37.8 Å². The van der Waals surface area contributed by atoms with Crippen molar-refractivity contribution in [2.75, 3.05) is 18.5 Å². The van der Waals surface area contributed by atoms with E-state index in [1.54, 1.807) is 0 Å². The fourth-order valence-electron chi connectivity index (χ4n) is 2.98. The van der Waals surface area contributed by atoms with Crippen molar-refractivity contribution in [1.29, 1.82) is 0 Å². The van der Waals surface area contributed by atoms with Crippen molar-refractivity contribution >= 4 is 17.8 Å². The van der Waals surface area contributed by atoms with Gasteiger partial charge in [-0.2, -0.15) is 0 Å². The lowest BCUT2D eigenvalue weighted by molar-refractivity contribution is 0.00632. The zero-order chi connectivity index (χ0) is 19.8. The van der Waals surface area contributed by atoms with Crippen LogP contribution in [0, 0.1) is 0 Å². The molecule has 1 unspecified atom stereocenters. The molecular weight excluding hydrogens is 352 g/mol. The van der Waals surface area contributed by atoms with Gasteiger partial charge in [0.2, 0.25) is 0 Å². The average Bonchev–Trinajstić information content (AvgIpc) is 2.69. The summed E-state index contributed by atoms with van der Waals surface area (Å²) >= 11 is 0. The van der Waals surface area contributed by atoms with Gasteiger partial charge in [-0.05, 0) is 43.2 Å². The third-order valence-corrected chi connectivity index (χ3v) is 4.54. The number of benzene rings is 2. The van der Waals surface area contributed by atoms with Crippen LogP contribution >= 0.6 is 0 Å². The molecule has 1 aliphatic rings. The molecule has 5 nitrogen and oxygen atoms in total. The molecule has 0 saturated heterocycles. The van der Waals surface area contributed by atoms with Crippen molar-refractivity contribution in [2.24, 2.45) is 0 Å². The van der Waals surface area contributed by atoms with Gasteiger partial charge in [0, 0.05) is 17.8 Å². The summed E-state index contributed by atoms with van der Waals surface area (Å²) < 4.78 is 12.0. The predicted molar refractivity (Wildman–Crippen MR) is 113 cm³/mol. The molecule has 2 amide bonds. The van der Waals surface area contributed by atoms with Crippen LogP contribution in [-0.4, -0.2) is 24.8 Å². The molecule has 0 saturated carbocycles. The van der Waals surface area contributed by atoms with E-state index in [0.29, 0.717) is 19.8 Å². The zero-order valence-corrected chi connectivity index (χ0v) is 16.5. The molecule has 0 fully saturated rings. The van der Waals surface area contributed by atoms with Gasteiger partial charge in [-0.25, -0.2) is 4.79 Å². The third-order valence-electron chi connectivity index (χ3n) is 4.54. The minimum atomic E-state index is -0.520. The Kier molecular flexibility index (Phi) is 6.71. The molecule has 1 aliphatic heterocycles. The normalized spacial score (nSPS) is 17.5. The molecule has 2 N–H and O–H groups in total. The molecular formula is C23H28N2O3. The molecule has 5 heteroatoms. The number of hydrogen-bond acceptors (Lipinski definition) is 3. The van der Waals surface area contributed by atoms with E-state index in [9.17, 15) is 4.79 Å².